The van der Waals surface area contributed by atoms with Crippen LogP contribution in [-0.2, 0) is 0 Å². The molecule has 0 aliphatic carbocycles. The molecular weight excluding hydrogens is 372 g/mol. The molecule has 0 spiro atoms. The van der Waals surface area contributed by atoms with Crippen molar-refractivity contribution < 1.29 is 4.74 Å². The van der Waals surface area contributed by atoms with Crippen molar-refractivity contribution in [3.05, 3.63) is 52.2 Å². The van der Waals surface area contributed by atoms with Crippen molar-refractivity contribution in [2.45, 2.75) is 0 Å². The summed E-state index contributed by atoms with van der Waals surface area (Å²) < 4.78 is 7.24. The van der Waals surface area contributed by atoms with Crippen LogP contribution in [0.2, 0.25) is 5.15 Å². The molecule has 4 rings (SSSR count). The number of rotatable bonds is 3. The van der Waals surface area contributed by atoms with Gasteiger partial charge in [-0.05, 0) is 30.3 Å². The molecule has 0 bridgehead atoms. The van der Waals surface area contributed by atoms with Gasteiger partial charge in [0, 0.05) is 14.1 Å². The lowest BCUT2D eigenvalue weighted by Crippen LogP contribution is -2.17. The number of halogens is 1. The number of pyridine rings is 1. The Morgan fingerprint density at radius 1 is 1.23 bits per heavy atom. The predicted octanol–water partition coefficient (Wildman–Crippen LogP) is 3.72. The molecule has 132 valence electrons. The largest absolute Gasteiger partial charge is 0.497 e. The van der Waals surface area contributed by atoms with E-state index in [-0.39, 0.29) is 5.56 Å². The standard InChI is InChI=1S/C18H15ClN4O2S/c1-22(2)12-8-13(19)21-17-14(12)15-16(26-17)18(24)23(9-20-15)10-4-6-11(25-3)7-5-10/h4-9H,1-3H3. The first-order valence-corrected chi connectivity index (χ1v) is 9.01. The molecule has 0 saturated heterocycles. The quantitative estimate of drug-likeness (QED) is 0.502. The minimum atomic E-state index is -0.135. The summed E-state index contributed by atoms with van der Waals surface area (Å²) in [6.07, 6.45) is 1.55. The van der Waals surface area contributed by atoms with Crippen LogP contribution >= 0.6 is 22.9 Å². The number of fused-ring (bicyclic) bond motifs is 3. The van der Waals surface area contributed by atoms with E-state index >= 15 is 0 Å². The van der Waals surface area contributed by atoms with Crippen LogP contribution in [0.15, 0.2) is 41.5 Å². The Morgan fingerprint density at radius 3 is 2.62 bits per heavy atom. The number of nitrogens with zero attached hydrogens (tertiary/aromatic N) is 4. The highest BCUT2D eigenvalue weighted by Crippen LogP contribution is 2.37. The first kappa shape index (κ1) is 16.8. The second-order valence-corrected chi connectivity index (χ2v) is 7.32. The van der Waals surface area contributed by atoms with E-state index in [1.807, 2.05) is 43.3 Å². The maximum absolute atomic E-state index is 13.0. The summed E-state index contributed by atoms with van der Waals surface area (Å²) in [5.74, 6) is 0.729. The number of hydrogen-bond donors (Lipinski definition) is 0. The van der Waals surface area contributed by atoms with E-state index in [0.29, 0.717) is 20.2 Å². The molecule has 3 aromatic heterocycles. The summed E-state index contributed by atoms with van der Waals surface area (Å²) in [7, 11) is 5.45. The van der Waals surface area contributed by atoms with E-state index in [0.717, 1.165) is 22.5 Å². The third kappa shape index (κ3) is 2.60. The Hall–Kier alpha value is -2.64. The number of ether oxygens (including phenoxy) is 1. The van der Waals surface area contributed by atoms with Gasteiger partial charge in [0.05, 0.1) is 23.9 Å². The second kappa shape index (κ2) is 6.26. The van der Waals surface area contributed by atoms with Crippen LogP contribution < -0.4 is 15.2 Å². The van der Waals surface area contributed by atoms with Crippen molar-refractivity contribution in [2.75, 3.05) is 26.1 Å². The molecule has 3 heterocycles. The van der Waals surface area contributed by atoms with Crippen LogP contribution in [0.4, 0.5) is 5.69 Å². The fourth-order valence-corrected chi connectivity index (χ4v) is 4.18. The maximum Gasteiger partial charge on any atom is 0.275 e. The average Bonchev–Trinajstić information content (AvgIpc) is 3.00. The first-order chi connectivity index (χ1) is 12.5. The van der Waals surface area contributed by atoms with Crippen molar-refractivity contribution in [2.24, 2.45) is 0 Å². The smallest absolute Gasteiger partial charge is 0.275 e. The molecule has 8 heteroatoms. The van der Waals surface area contributed by atoms with Crippen LogP contribution in [-0.4, -0.2) is 35.7 Å². The molecule has 0 amide bonds. The number of thiophene rings is 1. The van der Waals surface area contributed by atoms with E-state index in [1.165, 1.54) is 15.9 Å². The molecule has 26 heavy (non-hydrogen) atoms. The number of methoxy groups -OCH3 is 1. The summed E-state index contributed by atoms with van der Waals surface area (Å²) in [5, 5.41) is 1.24. The third-order valence-electron chi connectivity index (χ3n) is 4.13. The normalized spacial score (nSPS) is 11.2. The van der Waals surface area contributed by atoms with Gasteiger partial charge in [-0.25, -0.2) is 9.97 Å². The number of benzene rings is 1. The number of hydrogen-bond acceptors (Lipinski definition) is 6. The number of aromatic nitrogens is 3. The lowest BCUT2D eigenvalue weighted by molar-refractivity contribution is 0.414. The van der Waals surface area contributed by atoms with Crippen molar-refractivity contribution in [1.82, 2.24) is 14.5 Å². The molecule has 0 saturated carbocycles. The van der Waals surface area contributed by atoms with Gasteiger partial charge in [0.15, 0.2) is 0 Å². The molecule has 4 aromatic rings. The van der Waals surface area contributed by atoms with Crippen LogP contribution in [0.5, 0.6) is 5.75 Å². The Balaban J connectivity index is 2.00. The highest BCUT2D eigenvalue weighted by atomic mass is 35.5. The van der Waals surface area contributed by atoms with Gasteiger partial charge in [-0.1, -0.05) is 11.6 Å². The van der Waals surface area contributed by atoms with Crippen molar-refractivity contribution in [3.8, 4) is 11.4 Å². The monoisotopic (exact) mass is 386 g/mol. The van der Waals surface area contributed by atoms with Crippen LogP contribution in [0.25, 0.3) is 26.1 Å². The third-order valence-corrected chi connectivity index (χ3v) is 5.39. The Morgan fingerprint density at radius 2 is 1.96 bits per heavy atom. The van der Waals surface area contributed by atoms with Crippen LogP contribution in [0, 0.1) is 0 Å². The average molecular weight is 387 g/mol. The molecule has 0 aliphatic heterocycles. The molecule has 0 aliphatic rings. The molecule has 6 nitrogen and oxygen atoms in total. The molecule has 0 N–H and O–H groups in total. The van der Waals surface area contributed by atoms with Gasteiger partial charge in [0.25, 0.3) is 5.56 Å². The summed E-state index contributed by atoms with van der Waals surface area (Å²) in [4.78, 5) is 24.6. The minimum absolute atomic E-state index is 0.135. The van der Waals surface area contributed by atoms with Crippen LogP contribution in [0.3, 0.4) is 0 Å². The summed E-state index contributed by atoms with van der Waals surface area (Å²) in [6, 6.07) is 9.04. The van der Waals surface area contributed by atoms with Gasteiger partial charge in [-0.2, -0.15) is 0 Å². The van der Waals surface area contributed by atoms with E-state index < -0.39 is 0 Å². The van der Waals surface area contributed by atoms with E-state index in [1.54, 1.807) is 19.5 Å². The summed E-state index contributed by atoms with van der Waals surface area (Å²) >= 11 is 7.45. The predicted molar refractivity (Wildman–Crippen MR) is 106 cm³/mol. The fourth-order valence-electron chi connectivity index (χ4n) is 2.86. The fraction of sp³-hybridized carbons (Fsp3) is 0.167. The molecule has 0 unspecified atom stereocenters. The maximum atomic E-state index is 13.0. The number of anilines is 1. The van der Waals surface area contributed by atoms with Gasteiger partial charge < -0.3 is 9.64 Å². The molecule has 0 fully saturated rings. The zero-order valence-electron chi connectivity index (χ0n) is 14.4. The molecular formula is C18H15ClN4O2S. The van der Waals surface area contributed by atoms with Gasteiger partial charge in [0.1, 0.15) is 32.3 Å². The van der Waals surface area contributed by atoms with Gasteiger partial charge in [-0.15, -0.1) is 11.3 Å². The highest BCUT2D eigenvalue weighted by molar-refractivity contribution is 7.25. The second-order valence-electron chi connectivity index (χ2n) is 5.94. The summed E-state index contributed by atoms with van der Waals surface area (Å²) in [5.41, 5.74) is 2.12. The van der Waals surface area contributed by atoms with Crippen molar-refractivity contribution in [1.29, 1.82) is 0 Å². The van der Waals surface area contributed by atoms with E-state index in [2.05, 4.69) is 9.97 Å². The Bertz CT molecular complexity index is 1180. The highest BCUT2D eigenvalue weighted by Gasteiger charge is 2.18. The lowest BCUT2D eigenvalue weighted by Gasteiger charge is -2.14. The topological polar surface area (TPSA) is 60.2 Å². The Kier molecular flexibility index (Phi) is 4.05. The zero-order chi connectivity index (χ0) is 18.4. The van der Waals surface area contributed by atoms with E-state index in [4.69, 9.17) is 16.3 Å². The van der Waals surface area contributed by atoms with Crippen molar-refractivity contribution in [3.63, 3.8) is 0 Å². The SMILES string of the molecule is COc1ccc(-n2cnc3c(sc4nc(Cl)cc(N(C)C)c43)c2=O)cc1. The minimum Gasteiger partial charge on any atom is -0.497 e. The van der Waals surface area contributed by atoms with Gasteiger partial charge in [0.2, 0.25) is 0 Å². The van der Waals surface area contributed by atoms with Gasteiger partial charge in [-0.3, -0.25) is 9.36 Å². The van der Waals surface area contributed by atoms with Crippen LogP contribution in [0.1, 0.15) is 0 Å². The van der Waals surface area contributed by atoms with Gasteiger partial charge >= 0.3 is 0 Å². The molecule has 1 aromatic carbocycles. The summed E-state index contributed by atoms with van der Waals surface area (Å²) in [6.45, 7) is 0. The zero-order valence-corrected chi connectivity index (χ0v) is 15.9. The molecule has 0 radical (unpaired) electrons. The Labute approximate surface area is 158 Å². The molecule has 0 atom stereocenters. The first-order valence-electron chi connectivity index (χ1n) is 7.81. The van der Waals surface area contributed by atoms with E-state index in [9.17, 15) is 4.79 Å². The lowest BCUT2D eigenvalue weighted by atomic mass is 10.2. The van der Waals surface area contributed by atoms with Crippen molar-refractivity contribution >= 4 is 49.1 Å².